The number of alkyl halides is 1. The van der Waals surface area contributed by atoms with E-state index in [0.29, 0.717) is 11.3 Å². The zero-order chi connectivity index (χ0) is 14.0. The van der Waals surface area contributed by atoms with Crippen molar-refractivity contribution < 1.29 is 18.8 Å². The number of carbonyl (C=O) groups is 1. The Labute approximate surface area is 109 Å². The number of aromatic carboxylic acids is 1. The lowest BCUT2D eigenvalue weighted by Gasteiger charge is -2.14. The summed E-state index contributed by atoms with van der Waals surface area (Å²) in [7, 11) is 0. The quantitative estimate of drug-likeness (QED) is 0.919. The van der Waals surface area contributed by atoms with Gasteiger partial charge < -0.3 is 9.63 Å². The summed E-state index contributed by atoms with van der Waals surface area (Å²) >= 11 is 0. The van der Waals surface area contributed by atoms with Gasteiger partial charge in [-0.2, -0.15) is 0 Å². The minimum atomic E-state index is -1.30. The molecule has 1 heterocycles. The first-order valence-corrected chi connectivity index (χ1v) is 5.83. The maximum Gasteiger partial charge on any atom is 0.374 e. The molecule has 0 aliphatic rings. The fourth-order valence-corrected chi connectivity index (χ4v) is 1.84. The molecule has 0 atom stereocenters. The molecule has 100 valence electrons. The number of rotatable bonds is 4. The average Bonchev–Trinajstić information content (AvgIpc) is 2.76. The van der Waals surface area contributed by atoms with E-state index >= 15 is 0 Å². The van der Waals surface area contributed by atoms with Crippen molar-refractivity contribution in [1.82, 2.24) is 5.16 Å². The standard InChI is InChI=1S/C14H14FNO3/c1-14(2,15)8-9-4-3-5-10(6-9)11-7-12(13(17)18)19-16-11/h3-7H,8H2,1-2H3,(H,17,18). The molecule has 1 aromatic heterocycles. The monoisotopic (exact) mass is 263 g/mol. The lowest BCUT2D eigenvalue weighted by Crippen LogP contribution is -2.15. The summed E-state index contributed by atoms with van der Waals surface area (Å²) in [5.74, 6) is -1.38. The van der Waals surface area contributed by atoms with Gasteiger partial charge in [0.15, 0.2) is 0 Å². The Morgan fingerprint density at radius 1 is 1.42 bits per heavy atom. The number of hydrogen-bond acceptors (Lipinski definition) is 3. The summed E-state index contributed by atoms with van der Waals surface area (Å²) in [6, 6.07) is 8.51. The Balaban J connectivity index is 2.29. The Morgan fingerprint density at radius 3 is 2.74 bits per heavy atom. The normalized spacial score (nSPS) is 11.5. The minimum absolute atomic E-state index is 0.216. The molecular formula is C14H14FNO3. The van der Waals surface area contributed by atoms with Crippen LogP contribution in [0.15, 0.2) is 34.9 Å². The van der Waals surface area contributed by atoms with Crippen LogP contribution in [0.2, 0.25) is 0 Å². The zero-order valence-corrected chi connectivity index (χ0v) is 10.7. The molecule has 0 unspecified atom stereocenters. The first kappa shape index (κ1) is 13.3. The van der Waals surface area contributed by atoms with E-state index in [2.05, 4.69) is 5.16 Å². The highest BCUT2D eigenvalue weighted by Crippen LogP contribution is 2.23. The van der Waals surface area contributed by atoms with Crippen molar-refractivity contribution in [1.29, 1.82) is 0 Å². The minimum Gasteiger partial charge on any atom is -0.475 e. The lowest BCUT2D eigenvalue weighted by atomic mass is 9.98. The SMILES string of the molecule is CC(C)(F)Cc1cccc(-c2cc(C(=O)O)on2)c1. The van der Waals surface area contributed by atoms with E-state index in [9.17, 15) is 9.18 Å². The van der Waals surface area contributed by atoms with Crippen molar-refractivity contribution in [3.63, 3.8) is 0 Å². The number of hydrogen-bond donors (Lipinski definition) is 1. The van der Waals surface area contributed by atoms with E-state index in [1.54, 1.807) is 18.2 Å². The van der Waals surface area contributed by atoms with Crippen molar-refractivity contribution in [2.45, 2.75) is 25.9 Å². The van der Waals surface area contributed by atoms with Crippen molar-refractivity contribution in [2.75, 3.05) is 0 Å². The Morgan fingerprint density at radius 2 is 2.16 bits per heavy atom. The molecule has 1 N–H and O–H groups in total. The molecule has 4 nitrogen and oxygen atoms in total. The molecule has 1 aromatic carbocycles. The molecule has 0 aliphatic heterocycles. The van der Waals surface area contributed by atoms with E-state index in [0.717, 1.165) is 5.56 Å². The van der Waals surface area contributed by atoms with Crippen LogP contribution in [0, 0.1) is 0 Å². The molecule has 2 aromatic rings. The van der Waals surface area contributed by atoms with Crippen LogP contribution >= 0.6 is 0 Å². The molecule has 0 saturated carbocycles. The predicted molar refractivity (Wildman–Crippen MR) is 67.8 cm³/mol. The molecule has 0 amide bonds. The number of halogens is 1. The highest BCUT2D eigenvalue weighted by molar-refractivity contribution is 5.85. The summed E-state index contributed by atoms with van der Waals surface area (Å²) in [5.41, 5.74) is 0.660. The molecule has 0 saturated heterocycles. The van der Waals surface area contributed by atoms with Crippen LogP contribution in [-0.2, 0) is 6.42 Å². The number of aromatic nitrogens is 1. The average molecular weight is 263 g/mol. The summed E-state index contributed by atoms with van der Waals surface area (Å²) in [5, 5.41) is 12.5. The van der Waals surface area contributed by atoms with Gasteiger partial charge in [0.1, 0.15) is 11.4 Å². The number of benzene rings is 1. The largest absolute Gasteiger partial charge is 0.475 e. The van der Waals surface area contributed by atoms with E-state index in [1.807, 2.05) is 6.07 Å². The van der Waals surface area contributed by atoms with Crippen LogP contribution in [0.4, 0.5) is 4.39 Å². The van der Waals surface area contributed by atoms with Crippen LogP contribution < -0.4 is 0 Å². The number of carboxylic acid groups (broad SMARTS) is 1. The third kappa shape index (κ3) is 3.40. The fourth-order valence-electron chi connectivity index (χ4n) is 1.84. The van der Waals surface area contributed by atoms with Gasteiger partial charge in [-0.3, -0.25) is 0 Å². The summed E-state index contributed by atoms with van der Waals surface area (Å²) in [6.45, 7) is 3.02. The Hall–Kier alpha value is -2.17. The zero-order valence-electron chi connectivity index (χ0n) is 10.7. The maximum absolute atomic E-state index is 13.6. The maximum atomic E-state index is 13.6. The first-order chi connectivity index (χ1) is 8.85. The molecule has 0 radical (unpaired) electrons. The molecular weight excluding hydrogens is 249 g/mol. The third-order valence-corrected chi connectivity index (χ3v) is 2.57. The van der Waals surface area contributed by atoms with Gasteiger partial charge >= 0.3 is 5.97 Å². The van der Waals surface area contributed by atoms with Gasteiger partial charge in [0, 0.05) is 18.1 Å². The molecule has 0 spiro atoms. The Kier molecular flexibility index (Phi) is 3.38. The second kappa shape index (κ2) is 4.84. The van der Waals surface area contributed by atoms with Crippen molar-refractivity contribution in [3.8, 4) is 11.3 Å². The fraction of sp³-hybridized carbons (Fsp3) is 0.286. The molecule has 0 fully saturated rings. The topological polar surface area (TPSA) is 63.3 Å². The van der Waals surface area contributed by atoms with Crippen molar-refractivity contribution >= 4 is 5.97 Å². The Bertz CT molecular complexity index is 599. The second-order valence-electron chi connectivity index (χ2n) is 4.98. The highest BCUT2D eigenvalue weighted by atomic mass is 19.1. The molecule has 2 rings (SSSR count). The summed E-state index contributed by atoms with van der Waals surface area (Å²) < 4.78 is 18.3. The smallest absolute Gasteiger partial charge is 0.374 e. The summed E-state index contributed by atoms with van der Waals surface area (Å²) in [6.07, 6.45) is 0.282. The van der Waals surface area contributed by atoms with Crippen LogP contribution in [0.5, 0.6) is 0 Å². The highest BCUT2D eigenvalue weighted by Gasteiger charge is 2.17. The van der Waals surface area contributed by atoms with Crippen LogP contribution in [0.3, 0.4) is 0 Å². The first-order valence-electron chi connectivity index (χ1n) is 5.83. The summed E-state index contributed by atoms with van der Waals surface area (Å²) in [4.78, 5) is 10.7. The van der Waals surface area contributed by atoms with Crippen molar-refractivity contribution in [2.24, 2.45) is 0 Å². The van der Waals surface area contributed by atoms with E-state index in [-0.39, 0.29) is 12.2 Å². The molecule has 19 heavy (non-hydrogen) atoms. The molecule has 5 heteroatoms. The van der Waals surface area contributed by atoms with Crippen LogP contribution in [0.1, 0.15) is 30.0 Å². The predicted octanol–water partition coefficient (Wildman–Crippen LogP) is 3.33. The number of nitrogens with zero attached hydrogens (tertiary/aromatic N) is 1. The van der Waals surface area contributed by atoms with Crippen molar-refractivity contribution in [3.05, 3.63) is 41.7 Å². The van der Waals surface area contributed by atoms with Crippen LogP contribution in [0.25, 0.3) is 11.3 Å². The van der Waals surface area contributed by atoms with Gasteiger partial charge in [-0.05, 0) is 25.5 Å². The lowest BCUT2D eigenvalue weighted by molar-refractivity contribution is 0.0652. The third-order valence-electron chi connectivity index (χ3n) is 2.57. The van der Waals surface area contributed by atoms with Gasteiger partial charge in [0.25, 0.3) is 0 Å². The number of carboxylic acids is 1. The van der Waals surface area contributed by atoms with Gasteiger partial charge in [0.05, 0.1) is 0 Å². The van der Waals surface area contributed by atoms with E-state index < -0.39 is 11.6 Å². The van der Waals surface area contributed by atoms with E-state index in [4.69, 9.17) is 9.63 Å². The molecule has 0 bridgehead atoms. The van der Waals surface area contributed by atoms with Gasteiger partial charge in [0.2, 0.25) is 5.76 Å². The van der Waals surface area contributed by atoms with E-state index in [1.165, 1.54) is 19.9 Å². The van der Waals surface area contributed by atoms with Gasteiger partial charge in [-0.1, -0.05) is 23.4 Å². The van der Waals surface area contributed by atoms with Gasteiger partial charge in [-0.15, -0.1) is 0 Å². The van der Waals surface area contributed by atoms with Crippen LogP contribution in [-0.4, -0.2) is 21.9 Å². The van der Waals surface area contributed by atoms with Gasteiger partial charge in [-0.25, -0.2) is 9.18 Å². The second-order valence-corrected chi connectivity index (χ2v) is 4.98. The molecule has 0 aliphatic carbocycles.